The number of hydrogen-bond acceptors (Lipinski definition) is 4. The Balaban J connectivity index is 1.65. The highest BCUT2D eigenvalue weighted by Gasteiger charge is 2.20. The highest BCUT2D eigenvalue weighted by Crippen LogP contribution is 2.39. The van der Waals surface area contributed by atoms with E-state index in [2.05, 4.69) is 53.1 Å². The molecular formula is C33H28NO4+. The summed E-state index contributed by atoms with van der Waals surface area (Å²) in [6, 6.07) is 28.7. The fraction of sp³-hybridized carbons (Fsp3) is 0.121. The Hall–Kier alpha value is -4.45. The summed E-state index contributed by atoms with van der Waals surface area (Å²) in [6.07, 6.45) is 4.08. The molecule has 4 aromatic carbocycles. The average molecular weight is 503 g/mol. The summed E-state index contributed by atoms with van der Waals surface area (Å²) >= 11 is 0. The second kappa shape index (κ2) is 9.78. The van der Waals surface area contributed by atoms with Crippen molar-refractivity contribution in [3.63, 3.8) is 0 Å². The number of aliphatic hydroxyl groups excluding tert-OH is 2. The van der Waals surface area contributed by atoms with Crippen LogP contribution in [-0.2, 0) is 13.2 Å². The van der Waals surface area contributed by atoms with Gasteiger partial charge in [0.25, 0.3) is 0 Å². The van der Waals surface area contributed by atoms with Crippen molar-refractivity contribution >= 4 is 27.1 Å². The number of methoxy groups -OCH3 is 2. The number of rotatable bonds is 6. The molecule has 188 valence electrons. The van der Waals surface area contributed by atoms with Gasteiger partial charge in [0.05, 0.1) is 32.8 Å². The molecule has 6 aromatic rings. The molecule has 0 saturated heterocycles. The molecule has 0 unspecified atom stereocenters. The van der Waals surface area contributed by atoms with Crippen molar-refractivity contribution in [3.05, 3.63) is 108 Å². The number of fused-ring (bicyclic) bond motifs is 4. The zero-order valence-electron chi connectivity index (χ0n) is 21.3. The topological polar surface area (TPSA) is 63.0 Å². The molecule has 0 amide bonds. The van der Waals surface area contributed by atoms with Crippen molar-refractivity contribution in [2.24, 2.45) is 0 Å². The molecule has 2 aromatic heterocycles. The molecule has 0 aliphatic rings. The van der Waals surface area contributed by atoms with Crippen molar-refractivity contribution in [1.29, 1.82) is 0 Å². The van der Waals surface area contributed by atoms with Gasteiger partial charge in [-0.1, -0.05) is 54.6 Å². The first-order valence-electron chi connectivity index (χ1n) is 12.5. The minimum atomic E-state index is -0.173. The molecule has 2 N–H and O–H groups in total. The molecule has 0 aliphatic heterocycles. The number of ether oxygens (including phenoxy) is 2. The van der Waals surface area contributed by atoms with E-state index in [-0.39, 0.29) is 13.2 Å². The normalized spacial score (nSPS) is 11.4. The van der Waals surface area contributed by atoms with Gasteiger partial charge in [0.15, 0.2) is 23.9 Å². The van der Waals surface area contributed by atoms with Crippen LogP contribution in [0.15, 0.2) is 97.3 Å². The lowest BCUT2D eigenvalue weighted by Crippen LogP contribution is -2.21. The smallest absolute Gasteiger partial charge is 0.219 e. The van der Waals surface area contributed by atoms with Gasteiger partial charge in [0.2, 0.25) is 5.52 Å². The van der Waals surface area contributed by atoms with Crippen LogP contribution in [0, 0.1) is 0 Å². The summed E-state index contributed by atoms with van der Waals surface area (Å²) in [5, 5.41) is 24.6. The number of nitrogens with zero attached hydrogens (tertiary/aromatic N) is 1. The zero-order chi connectivity index (χ0) is 26.2. The highest BCUT2D eigenvalue weighted by atomic mass is 16.5. The third-order valence-corrected chi connectivity index (χ3v) is 7.31. The monoisotopic (exact) mass is 502 g/mol. The Morgan fingerprint density at radius 1 is 0.684 bits per heavy atom. The highest BCUT2D eigenvalue weighted by molar-refractivity contribution is 6.05. The molecule has 0 aliphatic carbocycles. The second-order valence-corrected chi connectivity index (χ2v) is 9.30. The fourth-order valence-electron chi connectivity index (χ4n) is 5.46. The first-order valence-corrected chi connectivity index (χ1v) is 12.5. The van der Waals surface area contributed by atoms with Crippen molar-refractivity contribution < 1.29 is 24.1 Å². The van der Waals surface area contributed by atoms with Gasteiger partial charge >= 0.3 is 0 Å². The molecule has 6 rings (SSSR count). The van der Waals surface area contributed by atoms with Gasteiger partial charge in [0.1, 0.15) is 0 Å². The quantitative estimate of drug-likeness (QED) is 0.165. The van der Waals surface area contributed by atoms with E-state index in [0.29, 0.717) is 17.1 Å². The maximum Gasteiger partial charge on any atom is 0.219 e. The summed E-state index contributed by atoms with van der Waals surface area (Å²) in [5.74, 6) is 1.37. The van der Waals surface area contributed by atoms with E-state index in [9.17, 15) is 10.2 Å². The number of pyridine rings is 2. The van der Waals surface area contributed by atoms with E-state index >= 15 is 0 Å². The van der Waals surface area contributed by atoms with E-state index in [1.807, 2.05) is 48.7 Å². The summed E-state index contributed by atoms with van der Waals surface area (Å²) < 4.78 is 13.3. The summed E-state index contributed by atoms with van der Waals surface area (Å²) in [5.41, 5.74) is 6.63. The lowest BCUT2D eigenvalue weighted by molar-refractivity contribution is -0.509. The number of benzene rings is 4. The molecule has 5 heteroatoms. The van der Waals surface area contributed by atoms with Crippen LogP contribution in [0.5, 0.6) is 11.5 Å². The molecule has 0 fully saturated rings. The molecule has 0 bridgehead atoms. The van der Waals surface area contributed by atoms with E-state index in [0.717, 1.165) is 54.9 Å². The van der Waals surface area contributed by atoms with Crippen LogP contribution in [0.1, 0.15) is 11.1 Å². The largest absolute Gasteiger partial charge is 0.493 e. The van der Waals surface area contributed by atoms with Gasteiger partial charge in [-0.3, -0.25) is 0 Å². The van der Waals surface area contributed by atoms with Crippen molar-refractivity contribution in [1.82, 2.24) is 0 Å². The average Bonchev–Trinajstić information content (AvgIpc) is 2.98. The van der Waals surface area contributed by atoms with Crippen LogP contribution in [0.25, 0.3) is 49.3 Å². The first kappa shape index (κ1) is 23.9. The van der Waals surface area contributed by atoms with E-state index < -0.39 is 0 Å². The lowest BCUT2D eigenvalue weighted by atomic mass is 9.89. The Morgan fingerprint density at radius 2 is 1.42 bits per heavy atom. The molecule has 0 radical (unpaired) electrons. The van der Waals surface area contributed by atoms with E-state index in [1.165, 1.54) is 0 Å². The van der Waals surface area contributed by atoms with Crippen LogP contribution in [0.2, 0.25) is 0 Å². The van der Waals surface area contributed by atoms with Crippen LogP contribution >= 0.6 is 0 Å². The minimum Gasteiger partial charge on any atom is -0.493 e. The van der Waals surface area contributed by atoms with Gasteiger partial charge in [-0.15, -0.1) is 0 Å². The molecular weight excluding hydrogens is 474 g/mol. The summed E-state index contributed by atoms with van der Waals surface area (Å²) in [6.45, 7) is -0.328. The van der Waals surface area contributed by atoms with Gasteiger partial charge in [0, 0.05) is 28.3 Å². The molecule has 0 spiro atoms. The van der Waals surface area contributed by atoms with Crippen molar-refractivity contribution in [2.45, 2.75) is 13.2 Å². The van der Waals surface area contributed by atoms with Gasteiger partial charge in [-0.25, -0.2) is 0 Å². The first-order chi connectivity index (χ1) is 18.7. The molecule has 38 heavy (non-hydrogen) atoms. The van der Waals surface area contributed by atoms with Crippen LogP contribution < -0.4 is 13.9 Å². The molecule has 5 nitrogen and oxygen atoms in total. The Morgan fingerprint density at radius 3 is 2.11 bits per heavy atom. The second-order valence-electron chi connectivity index (χ2n) is 9.30. The van der Waals surface area contributed by atoms with Crippen molar-refractivity contribution in [2.75, 3.05) is 14.2 Å². The van der Waals surface area contributed by atoms with Crippen LogP contribution in [0.4, 0.5) is 0 Å². The van der Waals surface area contributed by atoms with Gasteiger partial charge in [-0.05, 0) is 51.6 Å². The molecule has 0 atom stereocenters. The predicted molar refractivity (Wildman–Crippen MR) is 150 cm³/mol. The number of aromatic nitrogens is 1. The minimum absolute atomic E-state index is 0.154. The zero-order valence-corrected chi connectivity index (χ0v) is 21.3. The standard InChI is InChI=1S/C33H28NO4/c1-37-31-13-12-26-27(33(31)38-2)14-15-34-18-24-16-25(19-35)29(20-36)32(28(24)17-30(26)34)23-10-8-22(9-11-23)21-6-4-3-5-7-21/h3-18,35-36H,19-20H2,1-2H3/q+1. The predicted octanol–water partition coefficient (Wildman–Crippen LogP) is 6.07. The Labute approximate surface area is 220 Å². The Kier molecular flexibility index (Phi) is 6.16. The number of aliphatic hydroxyl groups is 2. The summed E-state index contributed by atoms with van der Waals surface area (Å²) in [4.78, 5) is 0. The van der Waals surface area contributed by atoms with Crippen LogP contribution in [-0.4, -0.2) is 24.4 Å². The third-order valence-electron chi connectivity index (χ3n) is 7.31. The number of hydrogen-bond donors (Lipinski definition) is 2. The lowest BCUT2D eigenvalue weighted by Gasteiger charge is -2.16. The van der Waals surface area contributed by atoms with Crippen molar-refractivity contribution in [3.8, 4) is 33.8 Å². The Bertz CT molecular complexity index is 1790. The van der Waals surface area contributed by atoms with E-state index in [4.69, 9.17) is 9.47 Å². The third kappa shape index (κ3) is 3.84. The van der Waals surface area contributed by atoms with Gasteiger partial charge in [-0.2, -0.15) is 4.40 Å². The molecule has 0 saturated carbocycles. The molecule has 2 heterocycles. The van der Waals surface area contributed by atoms with Gasteiger partial charge < -0.3 is 19.7 Å². The maximum atomic E-state index is 10.4. The summed E-state index contributed by atoms with van der Waals surface area (Å²) in [7, 11) is 3.29. The SMILES string of the molecule is COc1ccc2c(cc[n+]3cc4cc(CO)c(CO)c(-c5ccc(-c6ccccc6)cc5)c4cc23)c1OC. The maximum absolute atomic E-state index is 10.4. The van der Waals surface area contributed by atoms with Crippen LogP contribution in [0.3, 0.4) is 0 Å². The van der Waals surface area contributed by atoms with E-state index in [1.54, 1.807) is 14.2 Å². The fourth-order valence-corrected chi connectivity index (χ4v) is 5.46.